The van der Waals surface area contributed by atoms with E-state index in [1.54, 1.807) is 18.3 Å². The van der Waals surface area contributed by atoms with Gasteiger partial charge in [0.15, 0.2) is 0 Å². The molecular formula is C16H11BrFNO. The van der Waals surface area contributed by atoms with Gasteiger partial charge < -0.3 is 5.11 Å². The molecule has 2 aromatic carbocycles. The van der Waals surface area contributed by atoms with Gasteiger partial charge in [0.2, 0.25) is 0 Å². The molecule has 3 aromatic rings. The molecule has 3 rings (SSSR count). The van der Waals surface area contributed by atoms with Gasteiger partial charge in [-0.25, -0.2) is 4.39 Å². The van der Waals surface area contributed by atoms with Crippen LogP contribution in [0.3, 0.4) is 0 Å². The standard InChI is InChI=1S/C16H11BrFNO/c17-15-12(4-1-5-13(15)18)16(20)11-7-6-10-3-2-8-19-14(10)9-11/h1-9,16,20H. The molecule has 2 nitrogen and oxygen atoms in total. The van der Waals surface area contributed by atoms with Crippen LogP contribution in [0, 0.1) is 5.82 Å². The molecule has 0 aliphatic rings. The number of rotatable bonds is 2. The zero-order valence-electron chi connectivity index (χ0n) is 10.4. The Morgan fingerprint density at radius 1 is 1.10 bits per heavy atom. The lowest BCUT2D eigenvalue weighted by molar-refractivity contribution is 0.219. The Hall–Kier alpha value is -1.78. The van der Waals surface area contributed by atoms with Crippen molar-refractivity contribution in [1.82, 2.24) is 4.98 Å². The Morgan fingerprint density at radius 2 is 1.95 bits per heavy atom. The minimum atomic E-state index is -0.897. The topological polar surface area (TPSA) is 33.1 Å². The molecule has 0 bridgehead atoms. The first-order chi connectivity index (χ1) is 9.66. The van der Waals surface area contributed by atoms with E-state index < -0.39 is 6.10 Å². The number of halogens is 2. The maximum atomic E-state index is 13.5. The Labute approximate surface area is 124 Å². The first-order valence-electron chi connectivity index (χ1n) is 6.13. The predicted octanol–water partition coefficient (Wildman–Crippen LogP) is 4.22. The molecule has 1 unspecified atom stereocenters. The SMILES string of the molecule is OC(c1ccc2cccnc2c1)c1cccc(F)c1Br. The lowest BCUT2D eigenvalue weighted by Crippen LogP contribution is -2.02. The largest absolute Gasteiger partial charge is 0.384 e. The number of hydrogen-bond acceptors (Lipinski definition) is 2. The highest BCUT2D eigenvalue weighted by atomic mass is 79.9. The summed E-state index contributed by atoms with van der Waals surface area (Å²) in [6.45, 7) is 0. The van der Waals surface area contributed by atoms with Crippen LogP contribution in [0.1, 0.15) is 17.2 Å². The van der Waals surface area contributed by atoms with Gasteiger partial charge in [0.25, 0.3) is 0 Å². The van der Waals surface area contributed by atoms with Gasteiger partial charge >= 0.3 is 0 Å². The molecule has 100 valence electrons. The molecule has 0 spiro atoms. The molecule has 1 atom stereocenters. The number of benzene rings is 2. The van der Waals surface area contributed by atoms with Crippen LogP contribution >= 0.6 is 15.9 Å². The summed E-state index contributed by atoms with van der Waals surface area (Å²) in [7, 11) is 0. The molecule has 0 amide bonds. The Kier molecular flexibility index (Phi) is 3.51. The van der Waals surface area contributed by atoms with Crippen LogP contribution in [-0.4, -0.2) is 10.1 Å². The van der Waals surface area contributed by atoms with Crippen molar-refractivity contribution in [2.45, 2.75) is 6.10 Å². The van der Waals surface area contributed by atoms with Crippen LogP contribution in [0.25, 0.3) is 10.9 Å². The van der Waals surface area contributed by atoms with Gasteiger partial charge in [-0.1, -0.05) is 30.3 Å². The van der Waals surface area contributed by atoms with Crippen molar-refractivity contribution in [3.63, 3.8) is 0 Å². The summed E-state index contributed by atoms with van der Waals surface area (Å²) in [4.78, 5) is 4.26. The van der Waals surface area contributed by atoms with Crippen molar-refractivity contribution < 1.29 is 9.50 Å². The monoisotopic (exact) mass is 331 g/mol. The van der Waals surface area contributed by atoms with Crippen LogP contribution in [0.4, 0.5) is 4.39 Å². The smallest absolute Gasteiger partial charge is 0.137 e. The van der Waals surface area contributed by atoms with Crippen molar-refractivity contribution in [3.05, 3.63) is 76.1 Å². The molecule has 0 radical (unpaired) electrons. The third-order valence-corrected chi connectivity index (χ3v) is 4.06. The third-order valence-electron chi connectivity index (χ3n) is 3.22. The summed E-state index contributed by atoms with van der Waals surface area (Å²) < 4.78 is 13.8. The molecule has 0 saturated carbocycles. The maximum absolute atomic E-state index is 13.5. The lowest BCUT2D eigenvalue weighted by atomic mass is 10.00. The van der Waals surface area contributed by atoms with E-state index in [0.717, 1.165) is 10.9 Å². The minimum Gasteiger partial charge on any atom is -0.384 e. The highest BCUT2D eigenvalue weighted by molar-refractivity contribution is 9.10. The van der Waals surface area contributed by atoms with Gasteiger partial charge in [0.05, 0.1) is 9.99 Å². The lowest BCUT2D eigenvalue weighted by Gasteiger charge is -2.14. The summed E-state index contributed by atoms with van der Waals surface area (Å²) >= 11 is 3.18. The van der Waals surface area contributed by atoms with E-state index in [4.69, 9.17) is 0 Å². The average Bonchev–Trinajstić information content (AvgIpc) is 2.49. The molecule has 0 aliphatic carbocycles. The van der Waals surface area contributed by atoms with Crippen molar-refractivity contribution in [3.8, 4) is 0 Å². The van der Waals surface area contributed by atoms with Gasteiger partial charge in [-0.2, -0.15) is 0 Å². The van der Waals surface area contributed by atoms with Gasteiger partial charge in [0, 0.05) is 17.1 Å². The molecule has 0 saturated heterocycles. The second kappa shape index (κ2) is 5.31. The zero-order chi connectivity index (χ0) is 14.1. The minimum absolute atomic E-state index is 0.286. The van der Waals surface area contributed by atoms with Crippen LogP contribution in [0.2, 0.25) is 0 Å². The number of fused-ring (bicyclic) bond motifs is 1. The molecule has 1 heterocycles. The molecule has 4 heteroatoms. The first-order valence-corrected chi connectivity index (χ1v) is 6.93. The van der Waals surface area contributed by atoms with E-state index in [2.05, 4.69) is 20.9 Å². The van der Waals surface area contributed by atoms with Crippen molar-refractivity contribution in [1.29, 1.82) is 0 Å². The number of aliphatic hydroxyl groups is 1. The molecule has 20 heavy (non-hydrogen) atoms. The summed E-state index contributed by atoms with van der Waals surface area (Å²) in [6, 6.07) is 14.0. The number of hydrogen-bond donors (Lipinski definition) is 1. The van der Waals surface area contributed by atoms with Gasteiger partial charge in [-0.15, -0.1) is 0 Å². The molecule has 1 N–H and O–H groups in total. The highest BCUT2D eigenvalue weighted by Crippen LogP contribution is 2.31. The predicted molar refractivity (Wildman–Crippen MR) is 79.9 cm³/mol. The van der Waals surface area contributed by atoms with E-state index in [1.165, 1.54) is 6.07 Å². The third kappa shape index (κ3) is 2.32. The number of pyridine rings is 1. The summed E-state index contributed by atoms with van der Waals surface area (Å²) in [5.41, 5.74) is 1.99. The second-order valence-electron chi connectivity index (χ2n) is 4.50. The van der Waals surface area contributed by atoms with Crippen LogP contribution in [-0.2, 0) is 0 Å². The summed E-state index contributed by atoms with van der Waals surface area (Å²) in [5.74, 6) is -0.388. The second-order valence-corrected chi connectivity index (χ2v) is 5.29. The fourth-order valence-corrected chi connectivity index (χ4v) is 2.65. The Morgan fingerprint density at radius 3 is 2.80 bits per heavy atom. The fraction of sp³-hybridized carbons (Fsp3) is 0.0625. The van der Waals surface area contributed by atoms with Crippen molar-refractivity contribution in [2.75, 3.05) is 0 Å². The molecule has 0 aliphatic heterocycles. The Bertz CT molecular complexity index is 775. The van der Waals surface area contributed by atoms with Crippen LogP contribution in [0.15, 0.2) is 59.2 Å². The maximum Gasteiger partial charge on any atom is 0.137 e. The zero-order valence-corrected chi connectivity index (χ0v) is 12.0. The summed E-state index contributed by atoms with van der Waals surface area (Å²) in [5, 5.41) is 11.4. The van der Waals surface area contributed by atoms with E-state index >= 15 is 0 Å². The van der Waals surface area contributed by atoms with Gasteiger partial charge in [-0.3, -0.25) is 4.98 Å². The molecule has 0 fully saturated rings. The number of aliphatic hydroxyl groups excluding tert-OH is 1. The number of nitrogens with zero attached hydrogens (tertiary/aromatic N) is 1. The van der Waals surface area contributed by atoms with E-state index in [0.29, 0.717) is 11.1 Å². The molecular weight excluding hydrogens is 321 g/mol. The van der Waals surface area contributed by atoms with Crippen molar-refractivity contribution >= 4 is 26.8 Å². The Balaban J connectivity index is 2.08. The first kappa shape index (κ1) is 13.2. The number of aromatic nitrogens is 1. The van der Waals surface area contributed by atoms with E-state index in [-0.39, 0.29) is 10.3 Å². The highest BCUT2D eigenvalue weighted by Gasteiger charge is 2.16. The van der Waals surface area contributed by atoms with E-state index in [1.807, 2.05) is 30.3 Å². The van der Waals surface area contributed by atoms with Crippen LogP contribution < -0.4 is 0 Å². The summed E-state index contributed by atoms with van der Waals surface area (Å²) in [6.07, 6.45) is 0.808. The quantitative estimate of drug-likeness (QED) is 0.762. The van der Waals surface area contributed by atoms with Gasteiger partial charge in [-0.05, 0) is 39.7 Å². The molecule has 1 aromatic heterocycles. The van der Waals surface area contributed by atoms with Gasteiger partial charge in [0.1, 0.15) is 11.9 Å². The average molecular weight is 332 g/mol. The fourth-order valence-electron chi connectivity index (χ4n) is 2.16. The van der Waals surface area contributed by atoms with Crippen molar-refractivity contribution in [2.24, 2.45) is 0 Å². The van der Waals surface area contributed by atoms with Crippen LogP contribution in [0.5, 0.6) is 0 Å². The normalized spacial score (nSPS) is 12.6. The van der Waals surface area contributed by atoms with E-state index in [9.17, 15) is 9.50 Å².